The summed E-state index contributed by atoms with van der Waals surface area (Å²) in [6, 6.07) is 29.5. The molecule has 0 fully saturated rings. The first-order chi connectivity index (χ1) is 12.4. The molecule has 0 aliphatic carbocycles. The van der Waals surface area contributed by atoms with E-state index in [9.17, 15) is 0 Å². The fraction of sp³-hybridized carbons (Fsp3) is 0. The van der Waals surface area contributed by atoms with Crippen LogP contribution in [0.5, 0.6) is 0 Å². The van der Waals surface area contributed by atoms with Gasteiger partial charge in [0.15, 0.2) is 0 Å². The van der Waals surface area contributed by atoms with Crippen LogP contribution >= 0.6 is 0 Å². The van der Waals surface area contributed by atoms with Crippen molar-refractivity contribution in [2.45, 2.75) is 0 Å². The minimum atomic E-state index is 0.998. The molecule has 0 amide bonds. The predicted molar refractivity (Wildman–Crippen MR) is 104 cm³/mol. The number of nitrogens with one attached hydrogen (secondary N) is 1. The van der Waals surface area contributed by atoms with Crippen LogP contribution in [0, 0.1) is 0 Å². The summed E-state index contributed by atoms with van der Waals surface area (Å²) in [5.41, 5.74) is 6.68. The van der Waals surface area contributed by atoms with E-state index in [-0.39, 0.29) is 0 Å². The van der Waals surface area contributed by atoms with E-state index in [0.29, 0.717) is 0 Å². The fourth-order valence-corrected chi connectivity index (χ4v) is 3.43. The number of pyridine rings is 1. The first-order valence-corrected chi connectivity index (χ1v) is 8.42. The van der Waals surface area contributed by atoms with E-state index in [1.54, 1.807) is 0 Å². The highest BCUT2D eigenvalue weighted by atomic mass is 14.8. The van der Waals surface area contributed by atoms with Crippen molar-refractivity contribution in [3.63, 3.8) is 0 Å². The van der Waals surface area contributed by atoms with Crippen LogP contribution in [0.2, 0.25) is 0 Å². The van der Waals surface area contributed by atoms with Gasteiger partial charge < -0.3 is 4.98 Å². The van der Waals surface area contributed by atoms with Gasteiger partial charge in [0.05, 0.1) is 16.7 Å². The molecule has 0 spiro atoms. The van der Waals surface area contributed by atoms with E-state index in [1.165, 1.54) is 21.9 Å². The molecule has 0 aliphatic heterocycles. The van der Waals surface area contributed by atoms with E-state index >= 15 is 0 Å². The second kappa shape index (κ2) is 5.60. The van der Waals surface area contributed by atoms with Crippen LogP contribution < -0.4 is 0 Å². The number of nitrogens with zero attached hydrogens (tertiary/aromatic N) is 1. The van der Waals surface area contributed by atoms with Crippen molar-refractivity contribution < 1.29 is 0 Å². The molecular formula is C23H16N2. The Labute approximate surface area is 145 Å². The summed E-state index contributed by atoms with van der Waals surface area (Å²) in [6.45, 7) is 0. The summed E-state index contributed by atoms with van der Waals surface area (Å²) in [6.07, 6.45) is 1.99. The lowest BCUT2D eigenvalue weighted by atomic mass is 10.0. The molecule has 2 heterocycles. The van der Waals surface area contributed by atoms with E-state index in [0.717, 1.165) is 22.3 Å². The number of fused-ring (bicyclic) bond motifs is 3. The highest BCUT2D eigenvalue weighted by molar-refractivity contribution is 6.09. The number of hydrogen-bond donors (Lipinski definition) is 1. The van der Waals surface area contributed by atoms with Crippen LogP contribution in [-0.4, -0.2) is 9.97 Å². The van der Waals surface area contributed by atoms with E-state index in [2.05, 4.69) is 77.8 Å². The smallest absolute Gasteiger partial charge is 0.0950 e. The average Bonchev–Trinajstić information content (AvgIpc) is 3.18. The largest absolute Gasteiger partial charge is 0.359 e. The molecular weight excluding hydrogens is 304 g/mol. The number of para-hydroxylation sites is 1. The molecule has 5 aromatic rings. The van der Waals surface area contributed by atoms with Crippen LogP contribution in [0.15, 0.2) is 91.1 Å². The molecule has 5 rings (SSSR count). The third-order valence-corrected chi connectivity index (χ3v) is 4.68. The first-order valence-electron chi connectivity index (χ1n) is 8.42. The minimum Gasteiger partial charge on any atom is -0.359 e. The number of benzene rings is 3. The molecule has 1 N–H and O–H groups in total. The Balaban J connectivity index is 1.69. The summed E-state index contributed by atoms with van der Waals surface area (Å²) < 4.78 is 0. The number of aromatic nitrogens is 2. The zero-order valence-electron chi connectivity index (χ0n) is 13.6. The summed E-state index contributed by atoms with van der Waals surface area (Å²) in [7, 11) is 0. The van der Waals surface area contributed by atoms with Gasteiger partial charge in [-0.1, -0.05) is 72.8 Å². The van der Waals surface area contributed by atoms with Gasteiger partial charge in [-0.05, 0) is 23.3 Å². The minimum absolute atomic E-state index is 0.998. The maximum atomic E-state index is 4.92. The van der Waals surface area contributed by atoms with Crippen LogP contribution in [0.1, 0.15) is 0 Å². The Morgan fingerprint density at radius 2 is 1.24 bits per heavy atom. The maximum absolute atomic E-state index is 4.92. The van der Waals surface area contributed by atoms with Gasteiger partial charge in [0, 0.05) is 22.5 Å². The normalized spacial score (nSPS) is 11.2. The van der Waals surface area contributed by atoms with Gasteiger partial charge in [-0.25, -0.2) is 4.98 Å². The van der Waals surface area contributed by atoms with Gasteiger partial charge in [-0.3, -0.25) is 0 Å². The van der Waals surface area contributed by atoms with Gasteiger partial charge in [-0.2, -0.15) is 0 Å². The summed E-state index contributed by atoms with van der Waals surface area (Å²) in [5, 5.41) is 2.40. The number of rotatable bonds is 2. The van der Waals surface area contributed by atoms with Crippen molar-refractivity contribution in [3.8, 4) is 22.4 Å². The first kappa shape index (κ1) is 14.0. The highest BCUT2D eigenvalue weighted by Gasteiger charge is 2.11. The molecule has 2 nitrogen and oxygen atoms in total. The van der Waals surface area contributed by atoms with E-state index in [1.807, 2.05) is 18.3 Å². The third kappa shape index (κ3) is 2.31. The quantitative estimate of drug-likeness (QED) is 0.421. The van der Waals surface area contributed by atoms with Gasteiger partial charge >= 0.3 is 0 Å². The summed E-state index contributed by atoms with van der Waals surface area (Å²) >= 11 is 0. The lowest BCUT2D eigenvalue weighted by Crippen LogP contribution is -1.89. The number of H-pyrrole nitrogens is 1. The molecule has 2 heteroatoms. The van der Waals surface area contributed by atoms with Crippen molar-refractivity contribution in [2.24, 2.45) is 0 Å². The molecule has 3 aromatic carbocycles. The van der Waals surface area contributed by atoms with Crippen molar-refractivity contribution in [3.05, 3.63) is 91.1 Å². The summed E-state index contributed by atoms with van der Waals surface area (Å²) in [4.78, 5) is 8.28. The van der Waals surface area contributed by atoms with Crippen LogP contribution in [0.25, 0.3) is 44.2 Å². The molecule has 118 valence electrons. The lowest BCUT2D eigenvalue weighted by molar-refractivity contribution is 1.39. The Kier molecular flexibility index (Phi) is 3.14. The van der Waals surface area contributed by atoms with Crippen molar-refractivity contribution in [2.75, 3.05) is 0 Å². The number of aromatic amines is 1. The topological polar surface area (TPSA) is 28.7 Å². The Hall–Kier alpha value is -3.39. The van der Waals surface area contributed by atoms with Crippen molar-refractivity contribution in [1.29, 1.82) is 0 Å². The zero-order valence-corrected chi connectivity index (χ0v) is 13.6. The molecule has 0 atom stereocenters. The average molecular weight is 320 g/mol. The van der Waals surface area contributed by atoms with Crippen molar-refractivity contribution >= 4 is 21.8 Å². The predicted octanol–water partition coefficient (Wildman–Crippen LogP) is 6.05. The Bertz CT molecular complexity index is 1170. The SMILES string of the molecule is c1ccc(-c2ccc(-c3nc4ccccc4c4cc[nH]c34)cc2)cc1. The third-order valence-electron chi connectivity index (χ3n) is 4.68. The Morgan fingerprint density at radius 1 is 0.560 bits per heavy atom. The van der Waals surface area contributed by atoms with E-state index < -0.39 is 0 Å². The molecule has 2 aromatic heterocycles. The van der Waals surface area contributed by atoms with Gasteiger partial charge in [0.1, 0.15) is 0 Å². The Morgan fingerprint density at radius 3 is 2.08 bits per heavy atom. The molecule has 0 saturated carbocycles. The van der Waals surface area contributed by atoms with Gasteiger partial charge in [0.2, 0.25) is 0 Å². The molecule has 25 heavy (non-hydrogen) atoms. The number of hydrogen-bond acceptors (Lipinski definition) is 1. The standard InChI is InChI=1S/C23H16N2/c1-2-6-16(7-3-1)17-10-12-18(13-11-17)22-23-20(14-15-24-23)19-8-4-5-9-21(19)25-22/h1-15,24H. The lowest BCUT2D eigenvalue weighted by Gasteiger charge is -2.08. The molecule has 0 aliphatic rings. The van der Waals surface area contributed by atoms with Gasteiger partial charge in [-0.15, -0.1) is 0 Å². The zero-order chi connectivity index (χ0) is 16.6. The maximum Gasteiger partial charge on any atom is 0.0950 e. The highest BCUT2D eigenvalue weighted by Crippen LogP contribution is 2.32. The molecule has 0 saturated heterocycles. The monoisotopic (exact) mass is 320 g/mol. The van der Waals surface area contributed by atoms with Crippen LogP contribution in [-0.2, 0) is 0 Å². The fourth-order valence-electron chi connectivity index (χ4n) is 3.43. The molecule has 0 radical (unpaired) electrons. The van der Waals surface area contributed by atoms with E-state index in [4.69, 9.17) is 4.98 Å². The second-order valence-corrected chi connectivity index (χ2v) is 6.19. The molecule has 0 bridgehead atoms. The molecule has 0 unspecified atom stereocenters. The van der Waals surface area contributed by atoms with Crippen molar-refractivity contribution in [1.82, 2.24) is 9.97 Å². The summed E-state index contributed by atoms with van der Waals surface area (Å²) in [5.74, 6) is 0. The second-order valence-electron chi connectivity index (χ2n) is 6.19. The van der Waals surface area contributed by atoms with Gasteiger partial charge in [0.25, 0.3) is 0 Å². The van der Waals surface area contributed by atoms with Crippen LogP contribution in [0.4, 0.5) is 0 Å². The van der Waals surface area contributed by atoms with Crippen LogP contribution in [0.3, 0.4) is 0 Å².